The Bertz CT molecular complexity index is 703. The molecule has 0 spiro atoms. The minimum absolute atomic E-state index is 0. The molecular formula is C13H11BrI4N2O. The summed E-state index contributed by atoms with van der Waals surface area (Å²) in [5.74, 6) is 1.70. The third-order valence-corrected chi connectivity index (χ3v) is 3.66. The van der Waals surface area contributed by atoms with Crippen molar-refractivity contribution in [3.8, 4) is 17.1 Å². The first-order chi connectivity index (χ1) is 8.76. The van der Waals surface area contributed by atoms with Gasteiger partial charge >= 0.3 is 0 Å². The summed E-state index contributed by atoms with van der Waals surface area (Å²) in [6.45, 7) is 0. The van der Waals surface area contributed by atoms with E-state index in [0.29, 0.717) is 0 Å². The number of nitrogens with one attached hydrogen (secondary N) is 1. The van der Waals surface area contributed by atoms with Gasteiger partial charge in [-0.05, 0) is 42.5 Å². The minimum Gasteiger partial charge on any atom is -0.428 e. The summed E-state index contributed by atoms with van der Waals surface area (Å²) in [6.07, 6.45) is 0. The van der Waals surface area contributed by atoms with E-state index in [0.717, 1.165) is 32.6 Å². The van der Waals surface area contributed by atoms with Crippen LogP contribution in [0.15, 0.2) is 46.9 Å². The number of halogens is 5. The molecule has 0 aliphatic heterocycles. The first-order valence-electron chi connectivity index (χ1n) is 5.30. The molecule has 0 amide bonds. The van der Waals surface area contributed by atoms with Gasteiger partial charge in [0.2, 0.25) is 0 Å². The van der Waals surface area contributed by atoms with Crippen LogP contribution in [0.25, 0.3) is 22.4 Å². The van der Waals surface area contributed by atoms with Crippen LogP contribution in [0.3, 0.4) is 0 Å². The molecule has 21 heavy (non-hydrogen) atoms. The van der Waals surface area contributed by atoms with Crippen molar-refractivity contribution >= 4 is 122 Å². The maximum Gasteiger partial charge on any atom is 0.192 e. The molecule has 1 heterocycles. The summed E-state index contributed by atoms with van der Waals surface area (Å²) in [7, 11) is 0. The fraction of sp³-hybridized carbons (Fsp3) is 0. The highest BCUT2D eigenvalue weighted by atomic mass is 127. The van der Waals surface area contributed by atoms with E-state index in [2.05, 4.69) is 25.9 Å². The van der Waals surface area contributed by atoms with Crippen molar-refractivity contribution in [2.75, 3.05) is 0 Å². The first kappa shape index (κ1) is 22.1. The Morgan fingerprint density at radius 3 is 2.29 bits per heavy atom. The summed E-state index contributed by atoms with van der Waals surface area (Å²) in [6, 6.07) is 13.8. The summed E-state index contributed by atoms with van der Waals surface area (Å²) in [5.41, 5.74) is 3.02. The Kier molecular flexibility index (Phi) is 10.6. The summed E-state index contributed by atoms with van der Waals surface area (Å²) in [5, 5.41) is 0. The molecule has 0 bridgehead atoms. The Balaban J connectivity index is 0.00000133. The number of rotatable bonds is 2. The third-order valence-electron chi connectivity index (χ3n) is 2.66. The Hall–Kier alpha value is 1.11. The molecule has 3 nitrogen and oxygen atoms in total. The second kappa shape index (κ2) is 10.1. The Morgan fingerprint density at radius 1 is 1.00 bits per heavy atom. The summed E-state index contributed by atoms with van der Waals surface area (Å²) < 4.78 is 6.14. The van der Waals surface area contributed by atoms with E-state index >= 15 is 0 Å². The first-order valence-corrected chi connectivity index (χ1v) is 6.98. The maximum absolute atomic E-state index is 5.11. The van der Waals surface area contributed by atoms with Crippen LogP contribution in [0.4, 0.5) is 0 Å². The lowest BCUT2D eigenvalue weighted by atomic mass is 10.2. The molecule has 0 unspecified atom stereocenters. The number of hydrogen-bond acceptors (Lipinski definition) is 2. The van der Waals surface area contributed by atoms with Gasteiger partial charge in [0.1, 0.15) is 11.6 Å². The predicted octanol–water partition coefficient (Wildman–Crippen LogP) is 6.58. The van der Waals surface area contributed by atoms with Crippen molar-refractivity contribution in [2.45, 2.75) is 0 Å². The molecule has 3 rings (SSSR count). The third kappa shape index (κ3) is 5.31. The Morgan fingerprint density at radius 2 is 1.67 bits per heavy atom. The molecule has 0 aliphatic rings. The van der Waals surface area contributed by atoms with Crippen LogP contribution in [0.1, 0.15) is 0 Å². The van der Waals surface area contributed by atoms with E-state index in [4.69, 9.17) is 3.07 Å². The van der Waals surface area contributed by atoms with Crippen LogP contribution in [-0.4, -0.2) is 9.97 Å². The number of nitrogens with zero attached hydrogens (tertiary/aromatic N) is 1. The van der Waals surface area contributed by atoms with Crippen LogP contribution in [0.5, 0.6) is 5.75 Å². The molecule has 3 aromatic rings. The van der Waals surface area contributed by atoms with E-state index in [1.165, 1.54) is 0 Å². The minimum atomic E-state index is 0. The molecule has 1 aromatic heterocycles. The van der Waals surface area contributed by atoms with Gasteiger partial charge in [-0.25, -0.2) is 4.98 Å². The van der Waals surface area contributed by atoms with Gasteiger partial charge in [0.15, 0.2) is 23.0 Å². The van der Waals surface area contributed by atoms with E-state index in [-0.39, 0.29) is 71.9 Å². The quantitative estimate of drug-likeness (QED) is 0.298. The molecular weight excluding hydrogens is 788 g/mol. The summed E-state index contributed by atoms with van der Waals surface area (Å²) >= 11 is 5.31. The lowest BCUT2D eigenvalue weighted by molar-refractivity contribution is 0.717. The number of aromatic amines is 1. The number of imidazole rings is 1. The van der Waals surface area contributed by atoms with Crippen molar-refractivity contribution in [3.63, 3.8) is 0 Å². The highest BCUT2D eigenvalue weighted by Gasteiger charge is 2.05. The van der Waals surface area contributed by atoms with Gasteiger partial charge in [0, 0.05) is 10.0 Å². The normalized spacial score (nSPS) is 9.24. The van der Waals surface area contributed by atoms with Gasteiger partial charge in [-0.15, -0.1) is 71.9 Å². The zero-order chi connectivity index (χ0) is 12.5. The van der Waals surface area contributed by atoms with Gasteiger partial charge in [-0.3, -0.25) is 0 Å². The van der Waals surface area contributed by atoms with Gasteiger partial charge < -0.3 is 8.05 Å². The number of H-pyrrole nitrogens is 1. The number of fused-ring (bicyclic) bond motifs is 1. The van der Waals surface area contributed by atoms with Crippen LogP contribution in [-0.2, 0) is 0 Å². The molecule has 0 aliphatic carbocycles. The molecule has 0 saturated carbocycles. The van der Waals surface area contributed by atoms with Gasteiger partial charge in [-0.2, -0.15) is 0 Å². The predicted molar refractivity (Wildman–Crippen MR) is 130 cm³/mol. The molecule has 0 radical (unpaired) electrons. The van der Waals surface area contributed by atoms with E-state index in [9.17, 15) is 0 Å². The number of hydrogen-bond donors (Lipinski definition) is 1. The second-order valence-corrected chi connectivity index (χ2v) is 5.20. The zero-order valence-corrected chi connectivity index (χ0v) is 21.1. The lowest BCUT2D eigenvalue weighted by Gasteiger charge is -1.98. The van der Waals surface area contributed by atoms with Crippen LogP contribution >= 0.6 is 111 Å². The molecule has 1 N–H and O–H groups in total. The van der Waals surface area contributed by atoms with Crippen molar-refractivity contribution in [1.29, 1.82) is 0 Å². The molecule has 114 valence electrons. The topological polar surface area (TPSA) is 37.9 Å². The molecule has 0 saturated heterocycles. The van der Waals surface area contributed by atoms with Crippen molar-refractivity contribution in [2.24, 2.45) is 0 Å². The Labute approximate surface area is 196 Å². The molecule has 8 heteroatoms. The van der Waals surface area contributed by atoms with Gasteiger partial charge in [0.25, 0.3) is 0 Å². The highest BCUT2D eigenvalue weighted by molar-refractivity contribution is 14.1. The van der Waals surface area contributed by atoms with E-state index < -0.39 is 0 Å². The molecule has 2 aromatic carbocycles. The SMILES string of the molecule is Brc1ccc2[nH]c(-c3ccc(OI)cc3)nc2c1.I.I.I. The summed E-state index contributed by atoms with van der Waals surface area (Å²) in [4.78, 5) is 7.87. The number of aromatic nitrogens is 2. The monoisotopic (exact) mass is 798 g/mol. The van der Waals surface area contributed by atoms with Gasteiger partial charge in [0.05, 0.1) is 11.0 Å². The molecule has 0 atom stereocenters. The van der Waals surface area contributed by atoms with E-state index in [1.54, 1.807) is 0 Å². The second-order valence-electron chi connectivity index (χ2n) is 3.85. The zero-order valence-electron chi connectivity index (χ0n) is 10.4. The highest BCUT2D eigenvalue weighted by Crippen LogP contribution is 2.25. The van der Waals surface area contributed by atoms with Crippen LogP contribution in [0, 0.1) is 0 Å². The van der Waals surface area contributed by atoms with E-state index in [1.807, 2.05) is 65.5 Å². The fourth-order valence-corrected chi connectivity index (χ4v) is 2.42. The maximum atomic E-state index is 5.11. The largest absolute Gasteiger partial charge is 0.428 e. The lowest BCUT2D eigenvalue weighted by Crippen LogP contribution is -1.80. The smallest absolute Gasteiger partial charge is 0.192 e. The standard InChI is InChI=1S/C13H8BrIN2O.3HI/c14-9-3-6-11-12(7-9)17-13(16-11)8-1-4-10(18-15)5-2-8;;;/h1-7H,(H,16,17);3*1H. The molecule has 0 fully saturated rings. The van der Waals surface area contributed by atoms with Crippen LogP contribution in [0.2, 0.25) is 0 Å². The average Bonchev–Trinajstić information content (AvgIpc) is 2.81. The van der Waals surface area contributed by atoms with Crippen molar-refractivity contribution < 1.29 is 3.07 Å². The van der Waals surface area contributed by atoms with Crippen molar-refractivity contribution in [1.82, 2.24) is 9.97 Å². The van der Waals surface area contributed by atoms with Gasteiger partial charge in [-0.1, -0.05) is 15.9 Å². The fourth-order valence-electron chi connectivity index (χ4n) is 1.78. The average molecular weight is 799 g/mol. The number of benzene rings is 2. The van der Waals surface area contributed by atoms with Crippen molar-refractivity contribution in [3.05, 3.63) is 46.9 Å². The van der Waals surface area contributed by atoms with Crippen LogP contribution < -0.4 is 3.07 Å².